The van der Waals surface area contributed by atoms with Crippen LogP contribution in [0.25, 0.3) is 0 Å². The number of allylic oxidation sites excluding steroid dienone is 5. The van der Waals surface area contributed by atoms with Gasteiger partial charge < -0.3 is 9.47 Å². The second kappa shape index (κ2) is 15.7. The fraction of sp³-hybridized carbons (Fsp3) is 0.364. The Kier molecular flexibility index (Phi) is 13.3. The van der Waals surface area contributed by atoms with E-state index in [4.69, 9.17) is 4.74 Å². The minimum Gasteiger partial charge on any atom is -0.469 e. The van der Waals surface area contributed by atoms with Crippen molar-refractivity contribution in [3.8, 4) is 0 Å². The molecule has 0 unspecified atom stereocenters. The SMILES string of the molecule is COC(=O)CCC/C=C\C/C=C\C/C=C\CCOC(=O)Nc1ccc(Br)cc1. The van der Waals surface area contributed by atoms with Crippen LogP contribution in [0.1, 0.15) is 38.5 Å². The van der Waals surface area contributed by atoms with Gasteiger partial charge in [0.2, 0.25) is 0 Å². The zero-order valence-corrected chi connectivity index (χ0v) is 17.8. The predicted molar refractivity (Wildman–Crippen MR) is 116 cm³/mol. The first kappa shape index (κ1) is 23.7. The number of hydrogen-bond acceptors (Lipinski definition) is 4. The van der Waals surface area contributed by atoms with Crippen LogP contribution in [0.2, 0.25) is 0 Å². The molecule has 0 bridgehead atoms. The number of rotatable bonds is 12. The van der Waals surface area contributed by atoms with E-state index in [2.05, 4.69) is 50.3 Å². The summed E-state index contributed by atoms with van der Waals surface area (Å²) < 4.78 is 10.7. The summed E-state index contributed by atoms with van der Waals surface area (Å²) in [6, 6.07) is 7.31. The van der Waals surface area contributed by atoms with Gasteiger partial charge >= 0.3 is 12.1 Å². The normalized spacial score (nSPS) is 11.4. The van der Waals surface area contributed by atoms with E-state index in [1.54, 1.807) is 12.1 Å². The number of benzene rings is 1. The number of carbonyl (C=O) groups excluding carboxylic acids is 2. The maximum absolute atomic E-state index is 11.6. The molecule has 0 fully saturated rings. The number of unbranched alkanes of at least 4 members (excludes halogenated alkanes) is 1. The molecule has 1 rings (SSSR count). The third kappa shape index (κ3) is 12.9. The predicted octanol–water partition coefficient (Wildman–Crippen LogP) is 6.18. The first-order valence-electron chi connectivity index (χ1n) is 9.33. The molecule has 6 heteroatoms. The minimum absolute atomic E-state index is 0.157. The summed E-state index contributed by atoms with van der Waals surface area (Å²) in [5.41, 5.74) is 0.700. The van der Waals surface area contributed by atoms with E-state index in [0.717, 1.165) is 30.2 Å². The quantitative estimate of drug-likeness (QED) is 0.235. The highest BCUT2D eigenvalue weighted by Crippen LogP contribution is 2.14. The molecule has 0 aliphatic carbocycles. The molecular weight excluding hydrogens is 422 g/mol. The molecule has 5 nitrogen and oxygen atoms in total. The second-order valence-corrected chi connectivity index (χ2v) is 6.83. The van der Waals surface area contributed by atoms with Gasteiger partial charge in [-0.3, -0.25) is 10.1 Å². The minimum atomic E-state index is -0.450. The lowest BCUT2D eigenvalue weighted by Gasteiger charge is -2.05. The molecule has 0 heterocycles. The molecule has 152 valence electrons. The average molecular weight is 450 g/mol. The lowest BCUT2D eigenvalue weighted by Crippen LogP contribution is -2.13. The van der Waals surface area contributed by atoms with E-state index in [1.165, 1.54) is 7.11 Å². The Balaban J connectivity index is 2.00. The smallest absolute Gasteiger partial charge is 0.411 e. The zero-order valence-electron chi connectivity index (χ0n) is 16.2. The number of esters is 1. The molecule has 0 aliphatic heterocycles. The molecule has 0 saturated heterocycles. The lowest BCUT2D eigenvalue weighted by atomic mass is 10.2. The van der Waals surface area contributed by atoms with Crippen LogP contribution >= 0.6 is 15.9 Å². The number of hydrogen-bond donors (Lipinski definition) is 1. The molecule has 1 aromatic carbocycles. The van der Waals surface area contributed by atoms with Crippen LogP contribution in [-0.2, 0) is 14.3 Å². The summed E-state index contributed by atoms with van der Waals surface area (Å²) in [5.74, 6) is -0.157. The van der Waals surface area contributed by atoms with Crippen LogP contribution in [0.4, 0.5) is 10.5 Å². The molecule has 0 aliphatic rings. The molecule has 0 atom stereocenters. The summed E-state index contributed by atoms with van der Waals surface area (Å²) >= 11 is 3.34. The molecule has 0 radical (unpaired) electrons. The highest BCUT2D eigenvalue weighted by molar-refractivity contribution is 9.10. The Morgan fingerprint density at radius 2 is 1.57 bits per heavy atom. The van der Waals surface area contributed by atoms with Gasteiger partial charge in [0.05, 0.1) is 13.7 Å². The van der Waals surface area contributed by atoms with Crippen LogP contribution in [-0.4, -0.2) is 25.8 Å². The van der Waals surface area contributed by atoms with Crippen LogP contribution in [0, 0.1) is 0 Å². The lowest BCUT2D eigenvalue weighted by molar-refractivity contribution is -0.140. The number of nitrogens with one attached hydrogen (secondary N) is 1. The molecule has 0 aromatic heterocycles. The van der Waals surface area contributed by atoms with Crippen molar-refractivity contribution >= 4 is 33.7 Å². The molecule has 1 N–H and O–H groups in total. The van der Waals surface area contributed by atoms with Gasteiger partial charge in [-0.25, -0.2) is 4.79 Å². The van der Waals surface area contributed by atoms with Gasteiger partial charge in [-0.15, -0.1) is 0 Å². The Morgan fingerprint density at radius 3 is 2.21 bits per heavy atom. The summed E-state index contributed by atoms with van der Waals surface area (Å²) in [6.45, 7) is 0.344. The van der Waals surface area contributed by atoms with Gasteiger partial charge in [-0.2, -0.15) is 0 Å². The maximum Gasteiger partial charge on any atom is 0.411 e. The average Bonchev–Trinajstić information content (AvgIpc) is 2.69. The first-order chi connectivity index (χ1) is 13.6. The number of ether oxygens (including phenoxy) is 2. The highest BCUT2D eigenvalue weighted by Gasteiger charge is 2.01. The molecule has 28 heavy (non-hydrogen) atoms. The summed E-state index contributed by atoms with van der Waals surface area (Å²) in [6.07, 6.45) is 16.6. The molecular formula is C22H28BrNO4. The zero-order chi connectivity index (χ0) is 20.5. The second-order valence-electron chi connectivity index (χ2n) is 5.91. The van der Waals surface area contributed by atoms with Crippen molar-refractivity contribution in [3.05, 3.63) is 65.2 Å². The van der Waals surface area contributed by atoms with Crippen molar-refractivity contribution in [1.29, 1.82) is 0 Å². The van der Waals surface area contributed by atoms with Gasteiger partial charge in [0.15, 0.2) is 0 Å². The standard InChI is InChI=1S/C22H28BrNO4/c1-27-21(25)13-11-9-7-5-3-2-4-6-8-10-12-18-28-22(26)24-20-16-14-19(23)15-17-20/h2,4-5,7-8,10,14-17H,3,6,9,11-13,18H2,1H3,(H,24,26)/b4-2-,7-5-,10-8-. The Labute approximate surface area is 175 Å². The third-order valence-electron chi connectivity index (χ3n) is 3.63. The van der Waals surface area contributed by atoms with Crippen molar-refractivity contribution in [2.75, 3.05) is 19.0 Å². The van der Waals surface area contributed by atoms with Crippen molar-refractivity contribution < 1.29 is 19.1 Å². The largest absolute Gasteiger partial charge is 0.469 e. The monoisotopic (exact) mass is 449 g/mol. The van der Waals surface area contributed by atoms with Gasteiger partial charge in [-0.1, -0.05) is 52.4 Å². The number of halogens is 1. The van der Waals surface area contributed by atoms with Crippen molar-refractivity contribution in [2.24, 2.45) is 0 Å². The topological polar surface area (TPSA) is 64.6 Å². The van der Waals surface area contributed by atoms with Crippen LogP contribution in [0.3, 0.4) is 0 Å². The van der Waals surface area contributed by atoms with Crippen molar-refractivity contribution in [3.63, 3.8) is 0 Å². The highest BCUT2D eigenvalue weighted by atomic mass is 79.9. The van der Waals surface area contributed by atoms with Crippen molar-refractivity contribution in [1.82, 2.24) is 0 Å². The van der Waals surface area contributed by atoms with E-state index >= 15 is 0 Å². The Hall–Kier alpha value is -2.34. The number of methoxy groups -OCH3 is 1. The van der Waals surface area contributed by atoms with Crippen LogP contribution in [0.15, 0.2) is 65.2 Å². The van der Waals surface area contributed by atoms with Gasteiger partial charge in [-0.05, 0) is 56.4 Å². The van der Waals surface area contributed by atoms with E-state index in [1.807, 2.05) is 24.3 Å². The third-order valence-corrected chi connectivity index (χ3v) is 4.16. The van der Waals surface area contributed by atoms with E-state index in [-0.39, 0.29) is 5.97 Å². The van der Waals surface area contributed by atoms with Gasteiger partial charge in [0, 0.05) is 16.6 Å². The molecule has 0 spiro atoms. The Morgan fingerprint density at radius 1 is 0.964 bits per heavy atom. The van der Waals surface area contributed by atoms with Gasteiger partial charge in [0.25, 0.3) is 0 Å². The van der Waals surface area contributed by atoms with E-state index in [9.17, 15) is 9.59 Å². The number of amides is 1. The molecule has 1 aromatic rings. The fourth-order valence-corrected chi connectivity index (χ4v) is 2.42. The first-order valence-corrected chi connectivity index (χ1v) is 10.1. The van der Waals surface area contributed by atoms with Crippen LogP contribution in [0.5, 0.6) is 0 Å². The number of carbonyl (C=O) groups is 2. The summed E-state index contributed by atoms with van der Waals surface area (Å²) in [4.78, 5) is 22.6. The van der Waals surface area contributed by atoms with Crippen molar-refractivity contribution in [2.45, 2.75) is 38.5 Å². The molecule has 1 amide bonds. The van der Waals surface area contributed by atoms with E-state index < -0.39 is 6.09 Å². The summed E-state index contributed by atoms with van der Waals surface area (Å²) in [7, 11) is 1.41. The summed E-state index contributed by atoms with van der Waals surface area (Å²) in [5, 5.41) is 2.67. The van der Waals surface area contributed by atoms with Gasteiger partial charge in [0.1, 0.15) is 0 Å². The molecule has 0 saturated carbocycles. The number of anilines is 1. The Bertz CT molecular complexity index is 666. The van der Waals surface area contributed by atoms with E-state index in [0.29, 0.717) is 25.1 Å². The maximum atomic E-state index is 11.6. The van der Waals surface area contributed by atoms with Crippen LogP contribution < -0.4 is 5.32 Å². The fourth-order valence-electron chi connectivity index (χ4n) is 2.15.